The average molecular weight is 568 g/mol. The fraction of sp³-hybridized carbons (Fsp3) is 0.321. The van der Waals surface area contributed by atoms with Gasteiger partial charge in [0.05, 0.1) is 45.6 Å². The number of anilines is 1. The monoisotopic (exact) mass is 567 g/mol. The highest BCUT2D eigenvalue weighted by Gasteiger charge is 2.34. The van der Waals surface area contributed by atoms with Crippen molar-refractivity contribution in [2.75, 3.05) is 39.8 Å². The number of hydrogen-bond acceptors (Lipinski definition) is 10. The molecule has 12 heteroatoms. The van der Waals surface area contributed by atoms with Crippen molar-refractivity contribution in [3.8, 4) is 23.0 Å². The molecule has 0 saturated heterocycles. The molecule has 0 spiro atoms. The zero-order valence-electron chi connectivity index (χ0n) is 22.5. The van der Waals surface area contributed by atoms with Gasteiger partial charge in [-0.05, 0) is 48.7 Å². The van der Waals surface area contributed by atoms with E-state index in [4.69, 9.17) is 23.7 Å². The van der Waals surface area contributed by atoms with Gasteiger partial charge in [-0.1, -0.05) is 12.1 Å². The standard InChI is InChI=1S/C28H29N3O8S/c1-5-38-28(34)31-11-10-18-21(14-31)40-26-22(18)25(32)29-24(30-26)15-6-8-17(9-7-15)39-27(33)16-12-19(35-2)23(37-4)20(13-16)36-3/h6-9,12-13,24,30H,5,10-11,14H2,1-4H3,(H,29,32). The lowest BCUT2D eigenvalue weighted by Crippen LogP contribution is -2.39. The second-order valence-electron chi connectivity index (χ2n) is 9.00. The van der Waals surface area contributed by atoms with Crippen LogP contribution in [0.1, 0.15) is 49.8 Å². The second-order valence-corrected chi connectivity index (χ2v) is 10.1. The molecule has 2 amide bonds. The van der Waals surface area contributed by atoms with E-state index >= 15 is 0 Å². The SMILES string of the molecule is CCOC(=O)N1CCc2c(sc3c2C(=O)NC(c2ccc(OC(=O)c4cc(OC)c(OC)c(OC)c4)cc2)N3)C1. The number of ether oxygens (including phenoxy) is 5. The van der Waals surface area contributed by atoms with Crippen molar-refractivity contribution < 1.29 is 38.1 Å². The van der Waals surface area contributed by atoms with Crippen LogP contribution in [0, 0.1) is 0 Å². The Morgan fingerprint density at radius 3 is 2.35 bits per heavy atom. The van der Waals surface area contributed by atoms with Gasteiger partial charge in [0.15, 0.2) is 11.5 Å². The summed E-state index contributed by atoms with van der Waals surface area (Å²) in [6.07, 6.45) is -0.229. The van der Waals surface area contributed by atoms with Crippen molar-refractivity contribution in [3.05, 3.63) is 63.5 Å². The Hall–Kier alpha value is -4.45. The number of rotatable bonds is 7. The number of thiophene rings is 1. The molecule has 0 aliphatic carbocycles. The van der Waals surface area contributed by atoms with E-state index in [9.17, 15) is 14.4 Å². The first-order valence-corrected chi connectivity index (χ1v) is 13.4. The third kappa shape index (κ3) is 5.09. The van der Waals surface area contributed by atoms with Gasteiger partial charge < -0.3 is 39.2 Å². The zero-order chi connectivity index (χ0) is 28.4. The average Bonchev–Trinajstić information content (AvgIpc) is 3.35. The first-order chi connectivity index (χ1) is 19.4. The summed E-state index contributed by atoms with van der Waals surface area (Å²) in [7, 11) is 4.42. The quantitative estimate of drug-likeness (QED) is 0.316. The summed E-state index contributed by atoms with van der Waals surface area (Å²) in [4.78, 5) is 40.7. The summed E-state index contributed by atoms with van der Waals surface area (Å²) in [5.41, 5.74) is 2.62. The fourth-order valence-corrected chi connectivity index (χ4v) is 6.04. The first kappa shape index (κ1) is 27.1. The molecule has 40 heavy (non-hydrogen) atoms. The molecule has 210 valence electrons. The molecular formula is C28H29N3O8S. The minimum atomic E-state index is -0.596. The minimum absolute atomic E-state index is 0.168. The summed E-state index contributed by atoms with van der Waals surface area (Å²) < 4.78 is 26.6. The Labute approximate surface area is 234 Å². The van der Waals surface area contributed by atoms with Crippen LogP contribution < -0.4 is 29.6 Å². The largest absolute Gasteiger partial charge is 0.493 e. The molecule has 0 fully saturated rings. The van der Waals surface area contributed by atoms with Crippen LogP contribution in [0.2, 0.25) is 0 Å². The smallest absolute Gasteiger partial charge is 0.410 e. The molecule has 1 atom stereocenters. The van der Waals surface area contributed by atoms with Gasteiger partial charge in [0.1, 0.15) is 16.9 Å². The molecule has 2 aromatic carbocycles. The summed E-state index contributed by atoms with van der Waals surface area (Å²) in [6, 6.07) is 9.90. The lowest BCUT2D eigenvalue weighted by Gasteiger charge is -2.28. The van der Waals surface area contributed by atoms with Crippen molar-refractivity contribution in [2.45, 2.75) is 26.1 Å². The summed E-state index contributed by atoms with van der Waals surface area (Å²) in [5.74, 6) is 0.619. The van der Waals surface area contributed by atoms with Crippen LogP contribution in [0.25, 0.3) is 0 Å². The van der Waals surface area contributed by atoms with E-state index in [1.54, 1.807) is 36.1 Å². The van der Waals surface area contributed by atoms with Crippen molar-refractivity contribution in [3.63, 3.8) is 0 Å². The van der Waals surface area contributed by atoms with Gasteiger partial charge in [-0.3, -0.25) is 4.79 Å². The molecule has 0 saturated carbocycles. The molecule has 3 aromatic rings. The van der Waals surface area contributed by atoms with Gasteiger partial charge in [-0.15, -0.1) is 11.3 Å². The Morgan fingerprint density at radius 1 is 1.02 bits per heavy atom. The summed E-state index contributed by atoms with van der Waals surface area (Å²) >= 11 is 1.48. The predicted molar refractivity (Wildman–Crippen MR) is 147 cm³/mol. The highest BCUT2D eigenvalue weighted by molar-refractivity contribution is 7.16. The lowest BCUT2D eigenvalue weighted by molar-refractivity contribution is 0.0733. The van der Waals surface area contributed by atoms with Crippen molar-refractivity contribution in [2.24, 2.45) is 0 Å². The maximum absolute atomic E-state index is 13.1. The maximum Gasteiger partial charge on any atom is 0.410 e. The number of benzene rings is 2. The van der Waals surface area contributed by atoms with E-state index in [1.165, 1.54) is 44.8 Å². The van der Waals surface area contributed by atoms with E-state index in [0.717, 1.165) is 21.0 Å². The van der Waals surface area contributed by atoms with Crippen molar-refractivity contribution in [1.82, 2.24) is 10.2 Å². The van der Waals surface area contributed by atoms with Crippen LogP contribution in [-0.4, -0.2) is 57.4 Å². The number of amides is 2. The predicted octanol–water partition coefficient (Wildman–Crippen LogP) is 4.36. The molecule has 5 rings (SSSR count). The zero-order valence-corrected chi connectivity index (χ0v) is 23.3. The van der Waals surface area contributed by atoms with Crippen molar-refractivity contribution in [1.29, 1.82) is 0 Å². The highest BCUT2D eigenvalue weighted by atomic mass is 32.1. The Kier molecular flexibility index (Phi) is 7.69. The van der Waals surface area contributed by atoms with Crippen LogP contribution in [0.3, 0.4) is 0 Å². The lowest BCUT2D eigenvalue weighted by atomic mass is 10.0. The number of esters is 1. The Bertz CT molecular complexity index is 1430. The number of nitrogens with zero attached hydrogens (tertiary/aromatic N) is 1. The highest BCUT2D eigenvalue weighted by Crippen LogP contribution is 2.41. The molecule has 2 N–H and O–H groups in total. The number of carbonyl (C=O) groups is 3. The molecule has 2 aliphatic rings. The summed E-state index contributed by atoms with van der Waals surface area (Å²) in [5, 5.41) is 7.17. The van der Waals surface area contributed by atoms with Crippen LogP contribution >= 0.6 is 11.3 Å². The first-order valence-electron chi connectivity index (χ1n) is 12.6. The van der Waals surface area contributed by atoms with Gasteiger partial charge in [0, 0.05) is 11.4 Å². The summed E-state index contributed by atoms with van der Waals surface area (Å²) in [6.45, 7) is 3.01. The van der Waals surface area contributed by atoms with Crippen LogP contribution in [-0.2, 0) is 17.7 Å². The van der Waals surface area contributed by atoms with Crippen LogP contribution in [0.15, 0.2) is 36.4 Å². The molecule has 1 unspecified atom stereocenters. The minimum Gasteiger partial charge on any atom is -0.493 e. The number of hydrogen-bond donors (Lipinski definition) is 2. The van der Waals surface area contributed by atoms with Gasteiger partial charge >= 0.3 is 12.1 Å². The normalized spacial score (nSPS) is 15.7. The number of fused-ring (bicyclic) bond motifs is 3. The third-order valence-electron chi connectivity index (χ3n) is 6.69. The van der Waals surface area contributed by atoms with Gasteiger partial charge in [-0.2, -0.15) is 0 Å². The van der Waals surface area contributed by atoms with Gasteiger partial charge in [0.25, 0.3) is 5.91 Å². The van der Waals surface area contributed by atoms with Gasteiger partial charge in [-0.25, -0.2) is 9.59 Å². The van der Waals surface area contributed by atoms with E-state index in [-0.39, 0.29) is 17.6 Å². The van der Waals surface area contributed by atoms with E-state index in [2.05, 4.69) is 10.6 Å². The number of carbonyl (C=O) groups excluding carboxylic acids is 3. The van der Waals surface area contributed by atoms with Gasteiger partial charge in [0.2, 0.25) is 5.75 Å². The molecule has 11 nitrogen and oxygen atoms in total. The Morgan fingerprint density at radius 2 is 1.73 bits per heavy atom. The topological polar surface area (TPSA) is 125 Å². The second kappa shape index (κ2) is 11.3. The molecule has 3 heterocycles. The Balaban J connectivity index is 1.29. The molecule has 2 aliphatic heterocycles. The van der Waals surface area contributed by atoms with Crippen LogP contribution in [0.4, 0.5) is 9.80 Å². The molecule has 0 bridgehead atoms. The fourth-order valence-electron chi connectivity index (χ4n) is 4.75. The van der Waals surface area contributed by atoms with Crippen LogP contribution in [0.5, 0.6) is 23.0 Å². The molecule has 0 radical (unpaired) electrons. The third-order valence-corrected chi connectivity index (χ3v) is 7.83. The molecular weight excluding hydrogens is 538 g/mol. The van der Waals surface area contributed by atoms with E-state index in [0.29, 0.717) is 54.7 Å². The van der Waals surface area contributed by atoms with Crippen molar-refractivity contribution >= 4 is 34.3 Å². The number of nitrogens with one attached hydrogen (secondary N) is 2. The van der Waals surface area contributed by atoms with E-state index < -0.39 is 12.1 Å². The van der Waals surface area contributed by atoms with E-state index in [1.807, 2.05) is 0 Å². The molecule has 1 aromatic heterocycles. The number of methoxy groups -OCH3 is 3. The maximum atomic E-state index is 13.1.